The zero-order chi connectivity index (χ0) is 12.0. The lowest BCUT2D eigenvalue weighted by atomic mass is 10.1. The first kappa shape index (κ1) is 12.8. The summed E-state index contributed by atoms with van der Waals surface area (Å²) >= 11 is 0. The van der Waals surface area contributed by atoms with Crippen LogP contribution in [0.25, 0.3) is 0 Å². The largest absolute Gasteiger partial charge is 0.463 e. The number of rotatable bonds is 6. The highest BCUT2D eigenvalue weighted by Crippen LogP contribution is 2.17. The SMILES string of the molecule is COCOCC(=O)OCC1C(=O)CCC1=O. The minimum atomic E-state index is -0.772. The molecule has 6 nitrogen and oxygen atoms in total. The van der Waals surface area contributed by atoms with E-state index in [0.29, 0.717) is 0 Å². The molecule has 1 aliphatic rings. The summed E-state index contributed by atoms with van der Waals surface area (Å²) in [4.78, 5) is 33.5. The van der Waals surface area contributed by atoms with Gasteiger partial charge in [-0.1, -0.05) is 0 Å². The monoisotopic (exact) mass is 230 g/mol. The third-order valence-corrected chi connectivity index (χ3v) is 2.23. The average molecular weight is 230 g/mol. The van der Waals surface area contributed by atoms with E-state index < -0.39 is 11.9 Å². The van der Waals surface area contributed by atoms with Crippen LogP contribution in [-0.2, 0) is 28.6 Å². The first-order valence-electron chi connectivity index (χ1n) is 4.93. The van der Waals surface area contributed by atoms with Crippen LogP contribution in [0, 0.1) is 5.92 Å². The predicted molar refractivity (Wildman–Crippen MR) is 51.5 cm³/mol. The summed E-state index contributed by atoms with van der Waals surface area (Å²) in [5.41, 5.74) is 0. The number of carbonyl (C=O) groups excluding carboxylic acids is 3. The van der Waals surface area contributed by atoms with Crippen molar-refractivity contribution in [3.05, 3.63) is 0 Å². The molecule has 1 aliphatic carbocycles. The van der Waals surface area contributed by atoms with Gasteiger partial charge in [-0.15, -0.1) is 0 Å². The molecule has 0 bridgehead atoms. The lowest BCUT2D eigenvalue weighted by molar-refractivity contribution is -0.155. The molecule has 0 N–H and O–H groups in total. The Morgan fingerprint density at radius 2 is 1.94 bits per heavy atom. The standard InChI is InChI=1S/C10H14O6/c1-14-6-15-5-10(13)16-4-7-8(11)2-3-9(7)12/h7H,2-6H2,1H3. The highest BCUT2D eigenvalue weighted by atomic mass is 16.7. The van der Waals surface area contributed by atoms with Crippen molar-refractivity contribution >= 4 is 17.5 Å². The van der Waals surface area contributed by atoms with Gasteiger partial charge in [-0.25, -0.2) is 4.79 Å². The Balaban J connectivity index is 2.21. The molecule has 0 saturated heterocycles. The molecule has 0 radical (unpaired) electrons. The Hall–Kier alpha value is -1.27. The molecule has 0 heterocycles. The second-order valence-electron chi connectivity index (χ2n) is 3.42. The molecule has 1 saturated carbocycles. The number of hydrogen-bond donors (Lipinski definition) is 0. The van der Waals surface area contributed by atoms with E-state index in [0.717, 1.165) is 0 Å². The lowest BCUT2D eigenvalue weighted by Gasteiger charge is -2.08. The number of hydrogen-bond acceptors (Lipinski definition) is 6. The van der Waals surface area contributed by atoms with E-state index in [9.17, 15) is 14.4 Å². The summed E-state index contributed by atoms with van der Waals surface area (Å²) in [6.07, 6.45) is 0.502. The van der Waals surface area contributed by atoms with Crippen molar-refractivity contribution < 1.29 is 28.6 Å². The van der Waals surface area contributed by atoms with Gasteiger partial charge in [0.1, 0.15) is 37.5 Å². The van der Waals surface area contributed by atoms with Gasteiger partial charge < -0.3 is 14.2 Å². The molecular weight excluding hydrogens is 216 g/mol. The zero-order valence-electron chi connectivity index (χ0n) is 9.06. The van der Waals surface area contributed by atoms with Gasteiger partial charge in [0.05, 0.1) is 0 Å². The van der Waals surface area contributed by atoms with Crippen LogP contribution in [0.5, 0.6) is 0 Å². The number of methoxy groups -OCH3 is 1. The van der Waals surface area contributed by atoms with Crippen LogP contribution < -0.4 is 0 Å². The smallest absolute Gasteiger partial charge is 0.332 e. The number of Topliss-reactive ketones (excluding diaryl/α,β-unsaturated/α-hetero) is 2. The minimum absolute atomic E-state index is 0.00358. The molecule has 90 valence electrons. The van der Waals surface area contributed by atoms with Crippen molar-refractivity contribution in [2.75, 3.05) is 27.1 Å². The maximum Gasteiger partial charge on any atom is 0.332 e. The van der Waals surface area contributed by atoms with Crippen LogP contribution in [0.2, 0.25) is 0 Å². The van der Waals surface area contributed by atoms with E-state index >= 15 is 0 Å². The van der Waals surface area contributed by atoms with Crippen LogP contribution >= 0.6 is 0 Å². The average Bonchev–Trinajstić information content (AvgIpc) is 2.57. The number of esters is 1. The molecule has 6 heteroatoms. The van der Waals surface area contributed by atoms with E-state index in [1.165, 1.54) is 7.11 Å². The summed E-state index contributed by atoms with van der Waals surface area (Å²) in [6, 6.07) is 0. The predicted octanol–water partition coefficient (Wildman–Crippen LogP) is -0.302. The minimum Gasteiger partial charge on any atom is -0.463 e. The zero-order valence-corrected chi connectivity index (χ0v) is 9.06. The van der Waals surface area contributed by atoms with Crippen molar-refractivity contribution in [3.63, 3.8) is 0 Å². The van der Waals surface area contributed by atoms with E-state index in [4.69, 9.17) is 9.47 Å². The summed E-state index contributed by atoms with van der Waals surface area (Å²) in [5.74, 6) is -1.69. The summed E-state index contributed by atoms with van der Waals surface area (Å²) in [6.45, 7) is -0.424. The van der Waals surface area contributed by atoms with Crippen molar-refractivity contribution in [1.29, 1.82) is 0 Å². The number of ether oxygens (including phenoxy) is 3. The molecule has 0 atom stereocenters. The van der Waals surface area contributed by atoms with Crippen molar-refractivity contribution in [3.8, 4) is 0 Å². The Labute approximate surface area is 92.8 Å². The molecule has 16 heavy (non-hydrogen) atoms. The van der Waals surface area contributed by atoms with Crippen LogP contribution in [-0.4, -0.2) is 44.7 Å². The van der Waals surface area contributed by atoms with Crippen LogP contribution in [0.3, 0.4) is 0 Å². The van der Waals surface area contributed by atoms with E-state index in [-0.39, 0.29) is 44.4 Å². The molecule has 1 rings (SSSR count). The summed E-state index contributed by atoms with van der Waals surface area (Å²) < 4.78 is 14.1. The molecule has 0 aromatic heterocycles. The molecule has 0 aromatic rings. The molecular formula is C10H14O6. The topological polar surface area (TPSA) is 78.9 Å². The number of carbonyl (C=O) groups is 3. The van der Waals surface area contributed by atoms with E-state index in [1.807, 2.05) is 0 Å². The summed E-state index contributed by atoms with van der Waals surface area (Å²) in [5, 5.41) is 0. The van der Waals surface area contributed by atoms with Gasteiger partial charge in [0, 0.05) is 20.0 Å². The maximum atomic E-state index is 11.2. The van der Waals surface area contributed by atoms with Crippen molar-refractivity contribution in [2.45, 2.75) is 12.8 Å². The molecule has 0 aliphatic heterocycles. The van der Waals surface area contributed by atoms with Gasteiger partial charge in [0.2, 0.25) is 0 Å². The van der Waals surface area contributed by atoms with Gasteiger partial charge in [-0.2, -0.15) is 0 Å². The highest BCUT2D eigenvalue weighted by molar-refractivity contribution is 6.08. The third kappa shape index (κ3) is 3.71. The fraction of sp³-hybridized carbons (Fsp3) is 0.700. The fourth-order valence-corrected chi connectivity index (χ4v) is 1.39. The molecule has 1 fully saturated rings. The lowest BCUT2D eigenvalue weighted by Crippen LogP contribution is -2.24. The number of ketones is 2. The molecule has 0 aromatic carbocycles. The first-order chi connectivity index (χ1) is 7.65. The van der Waals surface area contributed by atoms with Gasteiger partial charge in [0.15, 0.2) is 0 Å². The Morgan fingerprint density at radius 3 is 2.50 bits per heavy atom. The highest BCUT2D eigenvalue weighted by Gasteiger charge is 2.33. The van der Waals surface area contributed by atoms with E-state index in [2.05, 4.69) is 4.74 Å². The van der Waals surface area contributed by atoms with Crippen molar-refractivity contribution in [1.82, 2.24) is 0 Å². The van der Waals surface area contributed by atoms with Crippen LogP contribution in [0.4, 0.5) is 0 Å². The second kappa shape index (κ2) is 6.34. The maximum absolute atomic E-state index is 11.2. The third-order valence-electron chi connectivity index (χ3n) is 2.23. The van der Waals surface area contributed by atoms with Crippen LogP contribution in [0.15, 0.2) is 0 Å². The normalized spacial score (nSPS) is 16.8. The van der Waals surface area contributed by atoms with Gasteiger partial charge in [0.25, 0.3) is 0 Å². The first-order valence-corrected chi connectivity index (χ1v) is 4.93. The Kier molecular flexibility index (Phi) is 5.07. The Bertz CT molecular complexity index is 269. The van der Waals surface area contributed by atoms with Gasteiger partial charge >= 0.3 is 5.97 Å². The Morgan fingerprint density at radius 1 is 1.31 bits per heavy atom. The van der Waals surface area contributed by atoms with Gasteiger partial charge in [-0.3, -0.25) is 9.59 Å². The van der Waals surface area contributed by atoms with Crippen molar-refractivity contribution in [2.24, 2.45) is 5.92 Å². The fourth-order valence-electron chi connectivity index (χ4n) is 1.39. The summed E-state index contributed by atoms with van der Waals surface area (Å²) in [7, 11) is 1.43. The van der Waals surface area contributed by atoms with Gasteiger partial charge in [-0.05, 0) is 0 Å². The quantitative estimate of drug-likeness (QED) is 0.270. The van der Waals surface area contributed by atoms with Crippen LogP contribution in [0.1, 0.15) is 12.8 Å². The molecule has 0 amide bonds. The molecule has 0 unspecified atom stereocenters. The molecule has 0 spiro atoms. The second-order valence-corrected chi connectivity index (χ2v) is 3.42. The van der Waals surface area contributed by atoms with E-state index in [1.54, 1.807) is 0 Å².